The summed E-state index contributed by atoms with van der Waals surface area (Å²) >= 11 is 1.58. The molecule has 0 aliphatic carbocycles. The van der Waals surface area contributed by atoms with Gasteiger partial charge in [0.2, 0.25) is 11.8 Å². The van der Waals surface area contributed by atoms with Crippen molar-refractivity contribution in [3.05, 3.63) is 29.8 Å². The Morgan fingerprint density at radius 3 is 2.36 bits per heavy atom. The van der Waals surface area contributed by atoms with E-state index in [-0.39, 0.29) is 11.8 Å². The second kappa shape index (κ2) is 8.19. The lowest BCUT2D eigenvalue weighted by atomic mass is 10.2. The molecule has 1 aliphatic rings. The molecule has 1 fully saturated rings. The number of hydrogen-bond donors (Lipinski definition) is 1. The minimum absolute atomic E-state index is 0.0229. The summed E-state index contributed by atoms with van der Waals surface area (Å²) in [5, 5.41) is 2.62. The molecule has 22 heavy (non-hydrogen) atoms. The van der Waals surface area contributed by atoms with Gasteiger partial charge in [-0.2, -0.15) is 0 Å². The quantitative estimate of drug-likeness (QED) is 0.822. The van der Waals surface area contributed by atoms with E-state index in [1.807, 2.05) is 4.90 Å². The molecule has 0 atom stereocenters. The summed E-state index contributed by atoms with van der Waals surface area (Å²) in [6, 6.07) is 8.22. The fourth-order valence-corrected chi connectivity index (χ4v) is 3.11. The molecular weight excluding hydrogens is 298 g/mol. The first-order valence-electron chi connectivity index (χ1n) is 7.48. The zero-order valence-electron chi connectivity index (χ0n) is 13.2. The zero-order chi connectivity index (χ0) is 15.9. The van der Waals surface area contributed by atoms with Crippen molar-refractivity contribution in [3.8, 4) is 0 Å². The first kappa shape index (κ1) is 16.8. The number of carbonyl (C=O) groups excluding carboxylic acids is 2. The van der Waals surface area contributed by atoms with E-state index in [1.54, 1.807) is 18.8 Å². The van der Waals surface area contributed by atoms with Gasteiger partial charge in [-0.3, -0.25) is 14.5 Å². The van der Waals surface area contributed by atoms with Gasteiger partial charge in [0.15, 0.2) is 0 Å². The molecule has 6 heteroatoms. The molecular formula is C16H23N3O2S. The Hall–Kier alpha value is -1.53. The zero-order valence-corrected chi connectivity index (χ0v) is 14.0. The van der Waals surface area contributed by atoms with Crippen LogP contribution in [0.15, 0.2) is 29.2 Å². The molecule has 5 nitrogen and oxygen atoms in total. The predicted octanol–water partition coefficient (Wildman–Crippen LogP) is 0.977. The van der Waals surface area contributed by atoms with E-state index in [0.29, 0.717) is 25.4 Å². The Balaban J connectivity index is 1.73. The molecule has 0 spiro atoms. The molecule has 120 valence electrons. The summed E-state index contributed by atoms with van der Waals surface area (Å²) in [5.74, 6) is 0.665. The van der Waals surface area contributed by atoms with Gasteiger partial charge in [-0.25, -0.2) is 0 Å². The van der Waals surface area contributed by atoms with Crippen molar-refractivity contribution in [1.82, 2.24) is 15.1 Å². The highest BCUT2D eigenvalue weighted by molar-refractivity contribution is 8.00. The monoisotopic (exact) mass is 321 g/mol. The Labute approximate surface area is 136 Å². The largest absolute Gasteiger partial charge is 0.358 e. The van der Waals surface area contributed by atoms with Gasteiger partial charge < -0.3 is 10.2 Å². The first-order valence-corrected chi connectivity index (χ1v) is 8.47. The van der Waals surface area contributed by atoms with Gasteiger partial charge in [0, 0.05) is 38.1 Å². The smallest absolute Gasteiger partial charge is 0.233 e. The van der Waals surface area contributed by atoms with Gasteiger partial charge in [-0.1, -0.05) is 17.7 Å². The highest BCUT2D eigenvalue weighted by Crippen LogP contribution is 2.19. The summed E-state index contributed by atoms with van der Waals surface area (Å²) in [6.07, 6.45) is 0. The van der Waals surface area contributed by atoms with E-state index in [2.05, 4.69) is 41.4 Å². The van der Waals surface area contributed by atoms with Crippen LogP contribution >= 0.6 is 11.8 Å². The SMILES string of the molecule is CNC(=O)CN1CCN(C(=O)CSc2ccc(C)cc2)CC1. The van der Waals surface area contributed by atoms with Crippen LogP contribution in [0.25, 0.3) is 0 Å². The molecule has 1 N–H and O–H groups in total. The summed E-state index contributed by atoms with van der Waals surface area (Å²) < 4.78 is 0. The molecule has 2 amide bonds. The molecule has 0 aromatic heterocycles. The van der Waals surface area contributed by atoms with E-state index in [4.69, 9.17) is 0 Å². The molecule has 1 saturated heterocycles. The molecule has 2 rings (SSSR count). The van der Waals surface area contributed by atoms with Gasteiger partial charge in [0.25, 0.3) is 0 Å². The standard InChI is InChI=1S/C16H23N3O2S/c1-13-3-5-14(6-4-13)22-12-16(21)19-9-7-18(8-10-19)11-15(20)17-2/h3-6H,7-12H2,1-2H3,(H,17,20). The number of thioether (sulfide) groups is 1. The second-order valence-corrected chi connectivity index (χ2v) is 6.48. The third-order valence-electron chi connectivity index (χ3n) is 3.75. The van der Waals surface area contributed by atoms with Gasteiger partial charge in [-0.15, -0.1) is 11.8 Å². The second-order valence-electron chi connectivity index (χ2n) is 5.43. The number of aryl methyl sites for hydroxylation is 1. The Kier molecular flexibility index (Phi) is 6.27. The van der Waals surface area contributed by atoms with Crippen molar-refractivity contribution >= 4 is 23.6 Å². The minimum Gasteiger partial charge on any atom is -0.358 e. The highest BCUT2D eigenvalue weighted by atomic mass is 32.2. The molecule has 0 bridgehead atoms. The number of nitrogens with zero attached hydrogens (tertiary/aromatic N) is 2. The predicted molar refractivity (Wildman–Crippen MR) is 89.0 cm³/mol. The molecule has 1 aliphatic heterocycles. The van der Waals surface area contributed by atoms with Crippen LogP contribution in [0.5, 0.6) is 0 Å². The number of likely N-dealkylation sites (N-methyl/N-ethyl adjacent to an activating group) is 1. The summed E-state index contributed by atoms with van der Waals surface area (Å²) in [6.45, 7) is 5.38. The number of benzene rings is 1. The lowest BCUT2D eigenvalue weighted by molar-refractivity contribution is -0.130. The van der Waals surface area contributed by atoms with Gasteiger partial charge in [0.1, 0.15) is 0 Å². The summed E-state index contributed by atoms with van der Waals surface area (Å²) in [5.41, 5.74) is 1.22. The number of carbonyl (C=O) groups is 2. The Morgan fingerprint density at radius 2 is 1.77 bits per heavy atom. The van der Waals surface area contributed by atoms with Crippen molar-refractivity contribution in [2.45, 2.75) is 11.8 Å². The summed E-state index contributed by atoms with van der Waals surface area (Å²) in [7, 11) is 1.64. The average molecular weight is 321 g/mol. The molecule has 0 radical (unpaired) electrons. The topological polar surface area (TPSA) is 52.7 Å². The van der Waals surface area contributed by atoms with Crippen LogP contribution in [0.3, 0.4) is 0 Å². The van der Waals surface area contributed by atoms with E-state index < -0.39 is 0 Å². The Bertz CT molecular complexity index is 511. The fraction of sp³-hybridized carbons (Fsp3) is 0.500. The fourth-order valence-electron chi connectivity index (χ4n) is 2.31. The van der Waals surface area contributed by atoms with Crippen LogP contribution in [-0.2, 0) is 9.59 Å². The van der Waals surface area contributed by atoms with Crippen LogP contribution in [-0.4, -0.2) is 67.1 Å². The van der Waals surface area contributed by atoms with Crippen molar-refractivity contribution < 1.29 is 9.59 Å². The molecule has 1 aromatic rings. The number of piperazine rings is 1. The van der Waals surface area contributed by atoms with Crippen molar-refractivity contribution in [2.75, 3.05) is 45.5 Å². The third-order valence-corrected chi connectivity index (χ3v) is 4.75. The van der Waals surface area contributed by atoms with E-state index in [1.165, 1.54) is 5.56 Å². The van der Waals surface area contributed by atoms with Crippen LogP contribution in [0.1, 0.15) is 5.56 Å². The van der Waals surface area contributed by atoms with Crippen molar-refractivity contribution in [3.63, 3.8) is 0 Å². The maximum atomic E-state index is 12.2. The number of amides is 2. The van der Waals surface area contributed by atoms with Crippen molar-refractivity contribution in [2.24, 2.45) is 0 Å². The Morgan fingerprint density at radius 1 is 1.14 bits per heavy atom. The van der Waals surface area contributed by atoms with Crippen molar-refractivity contribution in [1.29, 1.82) is 0 Å². The number of nitrogens with one attached hydrogen (secondary N) is 1. The van der Waals surface area contributed by atoms with Gasteiger partial charge >= 0.3 is 0 Å². The number of rotatable bonds is 5. The van der Waals surface area contributed by atoms with E-state index in [0.717, 1.165) is 18.0 Å². The van der Waals surface area contributed by atoms with Crippen LogP contribution in [0.2, 0.25) is 0 Å². The summed E-state index contributed by atoms with van der Waals surface area (Å²) in [4.78, 5) is 28.7. The van der Waals surface area contributed by atoms with E-state index >= 15 is 0 Å². The van der Waals surface area contributed by atoms with Gasteiger partial charge in [0.05, 0.1) is 12.3 Å². The normalized spacial score (nSPS) is 15.6. The maximum Gasteiger partial charge on any atom is 0.233 e. The van der Waals surface area contributed by atoms with Gasteiger partial charge in [-0.05, 0) is 19.1 Å². The van der Waals surface area contributed by atoms with Crippen LogP contribution < -0.4 is 5.32 Å². The molecule has 1 aromatic carbocycles. The number of hydrogen-bond acceptors (Lipinski definition) is 4. The highest BCUT2D eigenvalue weighted by Gasteiger charge is 2.21. The molecule has 0 saturated carbocycles. The lowest BCUT2D eigenvalue weighted by Gasteiger charge is -2.34. The molecule has 0 unspecified atom stereocenters. The van der Waals surface area contributed by atoms with E-state index in [9.17, 15) is 9.59 Å². The van der Waals surface area contributed by atoms with Crippen LogP contribution in [0.4, 0.5) is 0 Å². The first-order chi connectivity index (χ1) is 10.6. The maximum absolute atomic E-state index is 12.2. The lowest BCUT2D eigenvalue weighted by Crippen LogP contribution is -2.51. The average Bonchev–Trinajstić information content (AvgIpc) is 2.54. The third kappa shape index (κ3) is 5.03. The molecule has 1 heterocycles. The minimum atomic E-state index is 0.0229. The van der Waals surface area contributed by atoms with Crippen LogP contribution in [0, 0.1) is 6.92 Å².